The number of anilines is 1. The summed E-state index contributed by atoms with van der Waals surface area (Å²) in [6, 6.07) is 23.1. The lowest BCUT2D eigenvalue weighted by Crippen LogP contribution is -2.31. The Balaban J connectivity index is 1.68. The van der Waals surface area contributed by atoms with Gasteiger partial charge in [0.25, 0.3) is 5.56 Å². The third-order valence-corrected chi connectivity index (χ3v) is 5.33. The van der Waals surface area contributed by atoms with Crippen molar-refractivity contribution in [1.29, 1.82) is 0 Å². The van der Waals surface area contributed by atoms with E-state index >= 15 is 0 Å². The molecule has 0 aliphatic heterocycles. The first-order valence-corrected chi connectivity index (χ1v) is 9.91. The van der Waals surface area contributed by atoms with E-state index in [0.29, 0.717) is 11.8 Å². The Morgan fingerprint density at radius 3 is 2.37 bits per heavy atom. The second kappa shape index (κ2) is 8.33. The predicted molar refractivity (Wildman–Crippen MR) is 120 cm³/mol. The van der Waals surface area contributed by atoms with Gasteiger partial charge in [-0.15, -0.1) is 0 Å². The van der Waals surface area contributed by atoms with E-state index in [2.05, 4.69) is 10.4 Å². The molecule has 1 N–H and O–H groups in total. The van der Waals surface area contributed by atoms with Crippen molar-refractivity contribution in [1.82, 2.24) is 9.78 Å². The maximum atomic E-state index is 13.0. The lowest BCUT2D eigenvalue weighted by Gasteiger charge is -2.13. The van der Waals surface area contributed by atoms with Crippen LogP contribution >= 0.6 is 0 Å². The standard InChI is InChI=1S/C25H23N3O2/c1-17-9-8-14-22(18(17)2)26-24(29)16-28-25(30)21-13-7-6-12-20(21)23(27-28)15-19-10-4-3-5-11-19/h3-14H,15-16H2,1-2H3,(H,26,29). The van der Waals surface area contributed by atoms with Crippen LogP contribution in [-0.4, -0.2) is 15.7 Å². The molecular formula is C25H23N3O2. The quantitative estimate of drug-likeness (QED) is 0.548. The molecule has 0 saturated carbocycles. The van der Waals surface area contributed by atoms with Gasteiger partial charge in [-0.3, -0.25) is 9.59 Å². The van der Waals surface area contributed by atoms with Gasteiger partial charge in [-0.05, 0) is 42.7 Å². The molecule has 1 heterocycles. The molecular weight excluding hydrogens is 374 g/mol. The van der Waals surface area contributed by atoms with Crippen molar-refractivity contribution in [2.75, 3.05) is 5.32 Å². The third kappa shape index (κ3) is 4.01. The number of nitrogens with one attached hydrogen (secondary N) is 1. The molecule has 0 atom stereocenters. The number of nitrogens with zero attached hydrogens (tertiary/aromatic N) is 2. The van der Waals surface area contributed by atoms with Gasteiger partial charge in [0.2, 0.25) is 5.91 Å². The summed E-state index contributed by atoms with van der Waals surface area (Å²) in [5, 5.41) is 8.85. The fourth-order valence-corrected chi connectivity index (χ4v) is 3.54. The molecule has 30 heavy (non-hydrogen) atoms. The van der Waals surface area contributed by atoms with Crippen LogP contribution in [0.1, 0.15) is 22.4 Å². The Hall–Kier alpha value is -3.73. The van der Waals surface area contributed by atoms with Crippen molar-refractivity contribution in [3.05, 3.63) is 106 Å². The van der Waals surface area contributed by atoms with Crippen LogP contribution in [0.3, 0.4) is 0 Å². The molecule has 3 aromatic carbocycles. The van der Waals surface area contributed by atoms with E-state index < -0.39 is 0 Å². The van der Waals surface area contributed by atoms with Crippen LogP contribution in [-0.2, 0) is 17.8 Å². The second-order valence-corrected chi connectivity index (χ2v) is 7.41. The maximum Gasteiger partial charge on any atom is 0.275 e. The highest BCUT2D eigenvalue weighted by molar-refractivity contribution is 5.91. The Morgan fingerprint density at radius 2 is 1.60 bits per heavy atom. The first kappa shape index (κ1) is 19.6. The molecule has 5 nitrogen and oxygen atoms in total. The molecule has 1 amide bonds. The number of rotatable bonds is 5. The summed E-state index contributed by atoms with van der Waals surface area (Å²) >= 11 is 0. The Morgan fingerprint density at radius 1 is 0.900 bits per heavy atom. The highest BCUT2D eigenvalue weighted by Crippen LogP contribution is 2.19. The number of hydrogen-bond donors (Lipinski definition) is 1. The van der Waals surface area contributed by atoms with E-state index in [1.807, 2.05) is 80.6 Å². The smallest absolute Gasteiger partial charge is 0.275 e. The lowest BCUT2D eigenvalue weighted by atomic mass is 10.0. The molecule has 0 aliphatic carbocycles. The van der Waals surface area contributed by atoms with E-state index in [1.165, 1.54) is 4.68 Å². The van der Waals surface area contributed by atoms with Gasteiger partial charge in [-0.25, -0.2) is 4.68 Å². The summed E-state index contributed by atoms with van der Waals surface area (Å²) < 4.78 is 1.26. The maximum absolute atomic E-state index is 13.0. The summed E-state index contributed by atoms with van der Waals surface area (Å²) in [5.41, 5.74) is 4.46. The van der Waals surface area contributed by atoms with Crippen LogP contribution in [0.15, 0.2) is 77.6 Å². The van der Waals surface area contributed by atoms with E-state index in [-0.39, 0.29) is 18.0 Å². The molecule has 0 aliphatic rings. The van der Waals surface area contributed by atoms with Crippen molar-refractivity contribution >= 4 is 22.4 Å². The molecule has 0 bridgehead atoms. The van der Waals surface area contributed by atoms with Crippen molar-refractivity contribution < 1.29 is 4.79 Å². The number of fused-ring (bicyclic) bond motifs is 1. The van der Waals surface area contributed by atoms with Crippen molar-refractivity contribution in [3.8, 4) is 0 Å². The summed E-state index contributed by atoms with van der Waals surface area (Å²) in [5.74, 6) is -0.278. The monoisotopic (exact) mass is 397 g/mol. The molecule has 0 fully saturated rings. The van der Waals surface area contributed by atoms with Crippen molar-refractivity contribution in [2.45, 2.75) is 26.8 Å². The van der Waals surface area contributed by atoms with Gasteiger partial charge < -0.3 is 5.32 Å². The van der Waals surface area contributed by atoms with Crippen LogP contribution in [0.5, 0.6) is 0 Å². The van der Waals surface area contributed by atoms with E-state index in [4.69, 9.17) is 0 Å². The zero-order valence-corrected chi connectivity index (χ0v) is 17.1. The zero-order valence-electron chi connectivity index (χ0n) is 17.1. The average Bonchev–Trinajstić information content (AvgIpc) is 2.75. The first-order valence-electron chi connectivity index (χ1n) is 9.91. The summed E-state index contributed by atoms with van der Waals surface area (Å²) in [6.07, 6.45) is 0.584. The zero-order chi connectivity index (χ0) is 21.1. The highest BCUT2D eigenvalue weighted by atomic mass is 16.2. The molecule has 4 aromatic rings. The summed E-state index contributed by atoms with van der Waals surface area (Å²) in [7, 11) is 0. The summed E-state index contributed by atoms with van der Waals surface area (Å²) in [4.78, 5) is 25.7. The molecule has 0 spiro atoms. The molecule has 0 radical (unpaired) electrons. The Kier molecular flexibility index (Phi) is 5.44. The van der Waals surface area contributed by atoms with Gasteiger partial charge in [0.1, 0.15) is 6.54 Å². The molecule has 0 saturated heterocycles. The number of hydrogen-bond acceptors (Lipinski definition) is 3. The highest BCUT2D eigenvalue weighted by Gasteiger charge is 2.14. The van der Waals surface area contributed by atoms with Gasteiger partial charge in [-0.2, -0.15) is 5.10 Å². The number of benzene rings is 3. The van der Waals surface area contributed by atoms with Crippen LogP contribution in [0, 0.1) is 13.8 Å². The van der Waals surface area contributed by atoms with Crippen molar-refractivity contribution in [2.24, 2.45) is 0 Å². The van der Waals surface area contributed by atoms with Gasteiger partial charge >= 0.3 is 0 Å². The summed E-state index contributed by atoms with van der Waals surface area (Å²) in [6.45, 7) is 3.82. The number of aromatic nitrogens is 2. The number of aryl methyl sites for hydroxylation is 1. The largest absolute Gasteiger partial charge is 0.324 e. The molecule has 1 aromatic heterocycles. The normalized spacial score (nSPS) is 10.9. The second-order valence-electron chi connectivity index (χ2n) is 7.41. The van der Waals surface area contributed by atoms with Gasteiger partial charge in [0, 0.05) is 17.5 Å². The van der Waals surface area contributed by atoms with Crippen LogP contribution in [0.4, 0.5) is 5.69 Å². The molecule has 150 valence electrons. The lowest BCUT2D eigenvalue weighted by molar-refractivity contribution is -0.117. The minimum Gasteiger partial charge on any atom is -0.324 e. The SMILES string of the molecule is Cc1cccc(NC(=O)Cn2nc(Cc3ccccc3)c3ccccc3c2=O)c1C. The topological polar surface area (TPSA) is 64.0 Å². The third-order valence-electron chi connectivity index (χ3n) is 5.33. The Labute approximate surface area is 175 Å². The van der Waals surface area contributed by atoms with Gasteiger partial charge in [-0.1, -0.05) is 60.7 Å². The van der Waals surface area contributed by atoms with E-state index in [0.717, 1.165) is 33.5 Å². The fourth-order valence-electron chi connectivity index (χ4n) is 3.54. The first-order chi connectivity index (χ1) is 14.5. The van der Waals surface area contributed by atoms with E-state index in [1.54, 1.807) is 6.07 Å². The minimum absolute atomic E-state index is 0.140. The molecule has 5 heteroatoms. The van der Waals surface area contributed by atoms with Gasteiger partial charge in [0.05, 0.1) is 11.1 Å². The Bertz CT molecular complexity index is 1280. The molecule has 0 unspecified atom stereocenters. The van der Waals surface area contributed by atoms with Gasteiger partial charge in [0.15, 0.2) is 0 Å². The van der Waals surface area contributed by atoms with E-state index in [9.17, 15) is 9.59 Å². The fraction of sp³-hybridized carbons (Fsp3) is 0.160. The van der Waals surface area contributed by atoms with Crippen molar-refractivity contribution in [3.63, 3.8) is 0 Å². The van der Waals surface area contributed by atoms with Crippen LogP contribution in [0.25, 0.3) is 10.8 Å². The average molecular weight is 397 g/mol. The molecule has 4 rings (SSSR count). The minimum atomic E-state index is -0.278. The van der Waals surface area contributed by atoms with Crippen LogP contribution in [0.2, 0.25) is 0 Å². The number of carbonyl (C=O) groups is 1. The number of amides is 1. The van der Waals surface area contributed by atoms with Crippen LogP contribution < -0.4 is 10.9 Å². The predicted octanol–water partition coefficient (Wildman–Crippen LogP) is 4.24. The number of carbonyl (C=O) groups excluding carboxylic acids is 1.